The molecule has 0 radical (unpaired) electrons. The average molecular weight is 388 g/mol. The molecule has 3 nitrogen and oxygen atoms in total. The molecular weight excluding hydrogens is 367 g/mol. The van der Waals surface area contributed by atoms with Crippen LogP contribution >= 0.6 is 11.6 Å². The van der Waals surface area contributed by atoms with Crippen molar-refractivity contribution in [3.8, 4) is 0 Å². The molecule has 142 valence electrons. The van der Waals surface area contributed by atoms with E-state index in [1.165, 1.54) is 0 Å². The van der Waals surface area contributed by atoms with E-state index in [1.807, 2.05) is 0 Å². The van der Waals surface area contributed by atoms with Crippen LogP contribution in [0.2, 0.25) is 0 Å². The summed E-state index contributed by atoms with van der Waals surface area (Å²) in [4.78, 5) is 11.2. The monoisotopic (exact) mass is 387 g/mol. The first-order valence-corrected chi connectivity index (χ1v) is 9.31. The summed E-state index contributed by atoms with van der Waals surface area (Å²) in [7, 11) is 0. The number of alkyl halides is 4. The molecule has 0 spiro atoms. The lowest BCUT2D eigenvalue weighted by atomic mass is 9.47. The highest BCUT2D eigenvalue weighted by Gasteiger charge is 2.63. The Balaban J connectivity index is 1.71. The Kier molecular flexibility index (Phi) is 4.08. The molecule has 0 aliphatic heterocycles. The molecule has 2 N–H and O–H groups in total. The lowest BCUT2D eigenvalue weighted by molar-refractivity contribution is -0.187. The molecule has 4 aliphatic rings. The summed E-state index contributed by atoms with van der Waals surface area (Å²) < 4.78 is 38.7. The average Bonchev–Trinajstić information content (AvgIpc) is 2.50. The number of carbonyl (C=O) groups excluding carboxylic acids is 1. The first-order valence-electron chi connectivity index (χ1n) is 8.94. The standard InChI is InChI=1S/C19H21ClF3NO2/c20-17-7-11-6-13(9-17)14(18(26,8-11)10-17)15(12-4-2-1-3-5-12)24-16(25)19(21,22)23/h1-5,11,13-15,26H,6-10H2,(H,24,25)/t11-,13+,14-,15-,17+,18+/m0/s1. The second-order valence-electron chi connectivity index (χ2n) is 8.29. The van der Waals surface area contributed by atoms with Crippen LogP contribution in [0.1, 0.15) is 43.7 Å². The van der Waals surface area contributed by atoms with Crippen molar-refractivity contribution in [2.75, 3.05) is 0 Å². The minimum absolute atomic E-state index is 0.00232. The van der Waals surface area contributed by atoms with Crippen molar-refractivity contribution in [1.29, 1.82) is 0 Å². The van der Waals surface area contributed by atoms with Gasteiger partial charge in [0.15, 0.2) is 0 Å². The van der Waals surface area contributed by atoms with E-state index in [9.17, 15) is 23.1 Å². The third-order valence-corrected chi connectivity index (χ3v) is 6.82. The maximum absolute atomic E-state index is 12.9. The van der Waals surface area contributed by atoms with E-state index in [0.29, 0.717) is 30.7 Å². The molecule has 7 heteroatoms. The van der Waals surface area contributed by atoms with Gasteiger partial charge < -0.3 is 10.4 Å². The second-order valence-corrected chi connectivity index (χ2v) is 9.09. The zero-order chi connectivity index (χ0) is 18.7. The van der Waals surface area contributed by atoms with Crippen molar-refractivity contribution in [2.45, 2.75) is 54.8 Å². The van der Waals surface area contributed by atoms with Crippen molar-refractivity contribution >= 4 is 17.5 Å². The highest BCUT2D eigenvalue weighted by Crippen LogP contribution is 2.64. The Morgan fingerprint density at radius 1 is 1.23 bits per heavy atom. The van der Waals surface area contributed by atoms with Gasteiger partial charge in [-0.15, -0.1) is 11.6 Å². The van der Waals surface area contributed by atoms with Gasteiger partial charge in [0.25, 0.3) is 0 Å². The number of aliphatic hydroxyl groups is 1. The fourth-order valence-electron chi connectivity index (χ4n) is 5.90. The molecule has 1 aromatic carbocycles. The van der Waals surface area contributed by atoms with Crippen molar-refractivity contribution < 1.29 is 23.1 Å². The summed E-state index contributed by atoms with van der Waals surface area (Å²) in [5.41, 5.74) is -0.565. The molecule has 0 unspecified atom stereocenters. The zero-order valence-electron chi connectivity index (χ0n) is 14.1. The van der Waals surface area contributed by atoms with E-state index in [0.717, 1.165) is 12.8 Å². The smallest absolute Gasteiger partial charge is 0.389 e. The van der Waals surface area contributed by atoms with Crippen molar-refractivity contribution in [3.05, 3.63) is 35.9 Å². The molecule has 4 fully saturated rings. The molecule has 0 heterocycles. The predicted molar refractivity (Wildman–Crippen MR) is 90.5 cm³/mol. The first-order chi connectivity index (χ1) is 12.1. The zero-order valence-corrected chi connectivity index (χ0v) is 14.9. The second kappa shape index (κ2) is 5.86. The van der Waals surface area contributed by atoms with Crippen molar-refractivity contribution in [1.82, 2.24) is 5.32 Å². The summed E-state index contributed by atoms with van der Waals surface area (Å²) in [6.07, 6.45) is -1.70. The van der Waals surface area contributed by atoms with Crippen LogP contribution in [0.15, 0.2) is 30.3 Å². The maximum Gasteiger partial charge on any atom is 0.471 e. The quantitative estimate of drug-likeness (QED) is 0.771. The Bertz CT molecular complexity index is 712. The summed E-state index contributed by atoms with van der Waals surface area (Å²) in [5, 5.41) is 13.5. The van der Waals surface area contributed by atoms with Crippen LogP contribution in [0, 0.1) is 17.8 Å². The summed E-state index contributed by atoms with van der Waals surface area (Å²) in [6.45, 7) is 0. The molecule has 4 saturated carbocycles. The molecular formula is C19H21ClF3NO2. The SMILES string of the molecule is O=C(N[C@@H](c1ccccc1)[C@@H]1[C@@H]2C[C@H]3C[C@@](Cl)(C2)C[C@]1(O)C3)C(F)(F)F. The highest BCUT2D eigenvalue weighted by molar-refractivity contribution is 6.24. The normalized spacial score (nSPS) is 39.7. The number of hydrogen-bond acceptors (Lipinski definition) is 2. The van der Waals surface area contributed by atoms with Crippen LogP contribution in [0.4, 0.5) is 13.2 Å². The Labute approximate surface area is 154 Å². The van der Waals surface area contributed by atoms with Gasteiger partial charge in [-0.05, 0) is 49.5 Å². The van der Waals surface area contributed by atoms with Gasteiger partial charge in [-0.25, -0.2) is 0 Å². The van der Waals surface area contributed by atoms with Gasteiger partial charge in [-0.3, -0.25) is 4.79 Å². The summed E-state index contributed by atoms with van der Waals surface area (Å²) in [6, 6.07) is 7.74. The highest BCUT2D eigenvalue weighted by atomic mass is 35.5. The summed E-state index contributed by atoms with van der Waals surface area (Å²) >= 11 is 6.69. The minimum atomic E-state index is -4.96. The Morgan fingerprint density at radius 3 is 2.50 bits per heavy atom. The van der Waals surface area contributed by atoms with Crippen LogP contribution < -0.4 is 5.32 Å². The number of nitrogens with one attached hydrogen (secondary N) is 1. The third-order valence-electron chi connectivity index (χ3n) is 6.37. The van der Waals surface area contributed by atoms with Gasteiger partial charge in [0.05, 0.1) is 11.6 Å². The van der Waals surface area contributed by atoms with E-state index in [-0.39, 0.29) is 5.92 Å². The largest absolute Gasteiger partial charge is 0.471 e. The molecule has 0 aromatic heterocycles. The van der Waals surface area contributed by atoms with Crippen molar-refractivity contribution in [2.24, 2.45) is 17.8 Å². The van der Waals surface area contributed by atoms with E-state index in [1.54, 1.807) is 30.3 Å². The summed E-state index contributed by atoms with van der Waals surface area (Å²) in [5.74, 6) is -2.14. The van der Waals surface area contributed by atoms with Gasteiger partial charge in [-0.1, -0.05) is 30.3 Å². The topological polar surface area (TPSA) is 49.3 Å². The number of halogens is 4. The van der Waals surface area contributed by atoms with Crippen LogP contribution in [0.5, 0.6) is 0 Å². The van der Waals surface area contributed by atoms with Gasteiger partial charge in [-0.2, -0.15) is 13.2 Å². The number of benzene rings is 1. The fourth-order valence-corrected chi connectivity index (χ4v) is 6.55. The molecule has 6 atom stereocenters. The van der Waals surface area contributed by atoms with E-state index in [4.69, 9.17) is 11.6 Å². The van der Waals surface area contributed by atoms with Gasteiger partial charge in [0.1, 0.15) is 0 Å². The first kappa shape index (κ1) is 18.1. The molecule has 1 amide bonds. The van der Waals surface area contributed by atoms with Crippen LogP contribution in [0.3, 0.4) is 0 Å². The Hall–Kier alpha value is -1.27. The predicted octanol–water partition coefficient (Wildman–Crippen LogP) is 3.95. The Morgan fingerprint density at radius 2 is 1.92 bits per heavy atom. The lowest BCUT2D eigenvalue weighted by Crippen LogP contribution is -2.65. The van der Waals surface area contributed by atoms with E-state index in [2.05, 4.69) is 5.32 Å². The molecule has 26 heavy (non-hydrogen) atoms. The third kappa shape index (κ3) is 3.01. The van der Waals surface area contributed by atoms with Gasteiger partial charge in [0, 0.05) is 10.8 Å². The van der Waals surface area contributed by atoms with Crippen molar-refractivity contribution in [3.63, 3.8) is 0 Å². The minimum Gasteiger partial charge on any atom is -0.389 e. The maximum atomic E-state index is 12.9. The molecule has 4 bridgehead atoms. The van der Waals surface area contributed by atoms with Crippen LogP contribution in [0.25, 0.3) is 0 Å². The molecule has 0 saturated heterocycles. The lowest BCUT2D eigenvalue weighted by Gasteiger charge is -2.63. The van der Waals surface area contributed by atoms with E-state index < -0.39 is 34.5 Å². The van der Waals surface area contributed by atoms with Gasteiger partial charge in [0.2, 0.25) is 0 Å². The number of rotatable bonds is 3. The number of amides is 1. The van der Waals surface area contributed by atoms with Gasteiger partial charge >= 0.3 is 12.1 Å². The fraction of sp³-hybridized carbons (Fsp3) is 0.632. The number of carbonyl (C=O) groups is 1. The number of hydrogen-bond donors (Lipinski definition) is 2. The van der Waals surface area contributed by atoms with Crippen LogP contribution in [-0.2, 0) is 4.79 Å². The van der Waals surface area contributed by atoms with E-state index >= 15 is 0 Å². The molecule has 5 rings (SSSR count). The van der Waals surface area contributed by atoms with Crippen LogP contribution in [-0.4, -0.2) is 27.7 Å². The molecule has 4 aliphatic carbocycles. The molecule has 1 aromatic rings.